The first kappa shape index (κ1) is 18.4. The van der Waals surface area contributed by atoms with E-state index in [1.165, 1.54) is 0 Å². The Hall–Kier alpha value is -1.43. The SMILES string of the molecule is COC1(C)C[C@H]2C(=O)O[C@@H]([C@H](C)COCc3ccccc3)[C@H](C)[C@H]2O1. The van der Waals surface area contributed by atoms with Gasteiger partial charge in [0.2, 0.25) is 0 Å². The zero-order valence-corrected chi connectivity index (χ0v) is 15.4. The average molecular weight is 348 g/mol. The summed E-state index contributed by atoms with van der Waals surface area (Å²) in [6.45, 7) is 7.13. The zero-order chi connectivity index (χ0) is 18.0. The first-order valence-corrected chi connectivity index (χ1v) is 8.98. The Morgan fingerprint density at radius 1 is 1.32 bits per heavy atom. The van der Waals surface area contributed by atoms with Crippen molar-refractivity contribution in [3.05, 3.63) is 35.9 Å². The van der Waals surface area contributed by atoms with Crippen LogP contribution in [0.5, 0.6) is 0 Å². The third kappa shape index (κ3) is 3.89. The predicted octanol–water partition coefficient (Wildman–Crippen LogP) is 3.17. The minimum Gasteiger partial charge on any atom is -0.461 e. The number of rotatable bonds is 6. The number of methoxy groups -OCH3 is 1. The average Bonchev–Trinajstić information content (AvgIpc) is 2.98. The quantitative estimate of drug-likeness (QED) is 0.739. The Morgan fingerprint density at radius 3 is 2.72 bits per heavy atom. The van der Waals surface area contributed by atoms with Gasteiger partial charge in [0.25, 0.3) is 0 Å². The molecule has 0 aromatic heterocycles. The first-order valence-electron chi connectivity index (χ1n) is 8.98. The molecular formula is C20H28O5. The number of carbonyl (C=O) groups is 1. The number of cyclic esters (lactones) is 1. The Labute approximate surface area is 149 Å². The minimum atomic E-state index is -0.704. The lowest BCUT2D eigenvalue weighted by Gasteiger charge is -2.39. The lowest BCUT2D eigenvalue weighted by molar-refractivity contribution is -0.222. The molecule has 1 aromatic carbocycles. The van der Waals surface area contributed by atoms with Crippen molar-refractivity contribution in [3.8, 4) is 0 Å². The van der Waals surface area contributed by atoms with Gasteiger partial charge >= 0.3 is 5.97 Å². The number of hydrogen-bond donors (Lipinski definition) is 0. The molecule has 2 aliphatic rings. The van der Waals surface area contributed by atoms with E-state index in [9.17, 15) is 4.79 Å². The van der Waals surface area contributed by atoms with Crippen molar-refractivity contribution in [2.45, 2.75) is 51.8 Å². The molecule has 0 bridgehead atoms. The molecule has 5 heteroatoms. The van der Waals surface area contributed by atoms with Gasteiger partial charge in [-0.2, -0.15) is 0 Å². The van der Waals surface area contributed by atoms with E-state index in [0.717, 1.165) is 5.56 Å². The monoisotopic (exact) mass is 348 g/mol. The largest absolute Gasteiger partial charge is 0.461 e. The van der Waals surface area contributed by atoms with Crippen LogP contribution in [0.1, 0.15) is 32.8 Å². The second-order valence-electron chi connectivity index (χ2n) is 7.47. The van der Waals surface area contributed by atoms with E-state index in [1.54, 1.807) is 7.11 Å². The summed E-state index contributed by atoms with van der Waals surface area (Å²) in [4.78, 5) is 12.4. The van der Waals surface area contributed by atoms with Crippen LogP contribution < -0.4 is 0 Å². The van der Waals surface area contributed by atoms with Crippen molar-refractivity contribution in [2.24, 2.45) is 17.8 Å². The van der Waals surface area contributed by atoms with E-state index < -0.39 is 5.79 Å². The highest BCUT2D eigenvalue weighted by Gasteiger charge is 2.55. The lowest BCUT2D eigenvalue weighted by atomic mass is 9.80. The third-order valence-electron chi connectivity index (χ3n) is 5.45. The lowest BCUT2D eigenvalue weighted by Crippen LogP contribution is -2.49. The summed E-state index contributed by atoms with van der Waals surface area (Å²) in [6, 6.07) is 10.1. The number of hydrogen-bond acceptors (Lipinski definition) is 5. The van der Waals surface area contributed by atoms with E-state index in [1.807, 2.05) is 37.3 Å². The minimum absolute atomic E-state index is 0.0987. The smallest absolute Gasteiger partial charge is 0.312 e. The summed E-state index contributed by atoms with van der Waals surface area (Å²) < 4.78 is 23.1. The Morgan fingerprint density at radius 2 is 2.04 bits per heavy atom. The van der Waals surface area contributed by atoms with Crippen LogP contribution in [0.25, 0.3) is 0 Å². The highest BCUT2D eigenvalue weighted by atomic mass is 16.7. The fraction of sp³-hybridized carbons (Fsp3) is 0.650. The zero-order valence-electron chi connectivity index (χ0n) is 15.4. The van der Waals surface area contributed by atoms with E-state index in [-0.39, 0.29) is 35.9 Å². The third-order valence-corrected chi connectivity index (χ3v) is 5.45. The molecule has 0 aliphatic carbocycles. The van der Waals surface area contributed by atoms with Crippen molar-refractivity contribution in [3.63, 3.8) is 0 Å². The van der Waals surface area contributed by atoms with Crippen molar-refractivity contribution < 1.29 is 23.7 Å². The number of carbonyl (C=O) groups excluding carboxylic acids is 1. The van der Waals surface area contributed by atoms with Gasteiger partial charge in [0.05, 0.1) is 25.2 Å². The van der Waals surface area contributed by atoms with Crippen molar-refractivity contribution in [1.82, 2.24) is 0 Å². The second kappa shape index (κ2) is 7.44. The van der Waals surface area contributed by atoms with Gasteiger partial charge < -0.3 is 18.9 Å². The molecule has 138 valence electrons. The van der Waals surface area contributed by atoms with Crippen LogP contribution >= 0.6 is 0 Å². The van der Waals surface area contributed by atoms with Gasteiger partial charge in [0.1, 0.15) is 6.10 Å². The van der Waals surface area contributed by atoms with Crippen LogP contribution in [0.15, 0.2) is 30.3 Å². The fourth-order valence-electron chi connectivity index (χ4n) is 3.94. The van der Waals surface area contributed by atoms with Gasteiger partial charge in [-0.05, 0) is 12.5 Å². The molecule has 25 heavy (non-hydrogen) atoms. The normalized spacial score (nSPS) is 35.9. The van der Waals surface area contributed by atoms with Gasteiger partial charge in [0.15, 0.2) is 5.79 Å². The van der Waals surface area contributed by atoms with Crippen LogP contribution in [-0.2, 0) is 30.3 Å². The maximum Gasteiger partial charge on any atom is 0.312 e. The second-order valence-corrected chi connectivity index (χ2v) is 7.47. The molecule has 6 atom stereocenters. The van der Waals surface area contributed by atoms with E-state index in [4.69, 9.17) is 18.9 Å². The van der Waals surface area contributed by atoms with Gasteiger partial charge in [-0.1, -0.05) is 44.2 Å². The number of esters is 1. The molecule has 0 saturated carbocycles. The van der Waals surface area contributed by atoms with Crippen molar-refractivity contribution in [1.29, 1.82) is 0 Å². The molecule has 3 rings (SSSR count). The molecule has 1 unspecified atom stereocenters. The molecule has 0 spiro atoms. The highest BCUT2D eigenvalue weighted by Crippen LogP contribution is 2.44. The Bertz CT molecular complexity index is 589. The molecule has 2 fully saturated rings. The van der Waals surface area contributed by atoms with Gasteiger partial charge in [-0.15, -0.1) is 0 Å². The Kier molecular flexibility index (Phi) is 5.46. The highest BCUT2D eigenvalue weighted by molar-refractivity contribution is 5.75. The first-order chi connectivity index (χ1) is 11.9. The van der Waals surface area contributed by atoms with Crippen molar-refractivity contribution in [2.75, 3.05) is 13.7 Å². The summed E-state index contributed by atoms with van der Waals surface area (Å²) in [5, 5.41) is 0. The molecule has 2 aliphatic heterocycles. The maximum absolute atomic E-state index is 12.4. The van der Waals surface area contributed by atoms with Crippen LogP contribution in [0, 0.1) is 17.8 Å². The molecule has 2 saturated heterocycles. The van der Waals surface area contributed by atoms with Gasteiger partial charge in [-0.25, -0.2) is 0 Å². The Balaban J connectivity index is 1.58. The van der Waals surface area contributed by atoms with E-state index in [0.29, 0.717) is 19.6 Å². The molecule has 2 heterocycles. The van der Waals surface area contributed by atoms with E-state index >= 15 is 0 Å². The maximum atomic E-state index is 12.4. The van der Waals surface area contributed by atoms with Gasteiger partial charge in [-0.3, -0.25) is 4.79 Å². The summed E-state index contributed by atoms with van der Waals surface area (Å²) in [5.74, 6) is -0.918. The summed E-state index contributed by atoms with van der Waals surface area (Å²) in [7, 11) is 1.62. The molecule has 0 radical (unpaired) electrons. The van der Waals surface area contributed by atoms with Gasteiger partial charge in [0, 0.05) is 25.4 Å². The topological polar surface area (TPSA) is 54.0 Å². The van der Waals surface area contributed by atoms with Crippen LogP contribution in [0.2, 0.25) is 0 Å². The predicted molar refractivity (Wildman–Crippen MR) is 92.7 cm³/mol. The molecular weight excluding hydrogens is 320 g/mol. The molecule has 1 aromatic rings. The summed E-state index contributed by atoms with van der Waals surface area (Å²) in [6.07, 6.45) is 0.180. The number of ether oxygens (including phenoxy) is 4. The fourth-order valence-corrected chi connectivity index (χ4v) is 3.94. The van der Waals surface area contributed by atoms with Crippen LogP contribution in [0.4, 0.5) is 0 Å². The molecule has 0 N–H and O–H groups in total. The summed E-state index contributed by atoms with van der Waals surface area (Å²) >= 11 is 0. The molecule has 5 nitrogen and oxygen atoms in total. The van der Waals surface area contributed by atoms with E-state index in [2.05, 4.69) is 13.8 Å². The summed E-state index contributed by atoms with van der Waals surface area (Å²) in [5.41, 5.74) is 1.14. The molecule has 0 amide bonds. The standard InChI is InChI=1S/C20H28O5/c1-13(11-23-12-15-8-6-5-7-9-15)17-14(2)18-16(19(21)24-17)10-20(3,22-4)25-18/h5-9,13-14,16-18H,10-12H2,1-4H3/t13-,14+,16-,17+,18-,20?/m1/s1. The number of fused-ring (bicyclic) bond motifs is 1. The van der Waals surface area contributed by atoms with Crippen molar-refractivity contribution >= 4 is 5.97 Å². The van der Waals surface area contributed by atoms with Crippen LogP contribution in [-0.4, -0.2) is 37.7 Å². The van der Waals surface area contributed by atoms with Crippen LogP contribution in [0.3, 0.4) is 0 Å². The number of benzene rings is 1.